The summed E-state index contributed by atoms with van der Waals surface area (Å²) in [5, 5.41) is 0. The predicted octanol–water partition coefficient (Wildman–Crippen LogP) is 0.909. The SMILES string of the molecule is CC(=O)N1CCN(C(=O)Cn2cnc(-c3ccc(C)cc3)cc2=O)CC1. The summed E-state index contributed by atoms with van der Waals surface area (Å²) in [5.74, 6) is -0.121. The van der Waals surface area contributed by atoms with Crippen molar-refractivity contribution < 1.29 is 9.59 Å². The van der Waals surface area contributed by atoms with Crippen molar-refractivity contribution in [2.45, 2.75) is 20.4 Å². The Bertz CT molecular complexity index is 865. The lowest BCUT2D eigenvalue weighted by Gasteiger charge is -2.34. The fraction of sp³-hybridized carbons (Fsp3) is 0.368. The minimum Gasteiger partial charge on any atom is -0.339 e. The molecule has 0 N–H and O–H groups in total. The zero-order chi connectivity index (χ0) is 18.7. The van der Waals surface area contributed by atoms with Crippen LogP contribution in [0.3, 0.4) is 0 Å². The first-order chi connectivity index (χ1) is 12.4. The highest BCUT2D eigenvalue weighted by Gasteiger charge is 2.22. The van der Waals surface area contributed by atoms with Crippen molar-refractivity contribution in [3.63, 3.8) is 0 Å². The molecule has 0 bridgehead atoms. The van der Waals surface area contributed by atoms with Gasteiger partial charge in [0, 0.05) is 44.7 Å². The number of hydrogen-bond acceptors (Lipinski definition) is 4. The normalized spacial score (nSPS) is 14.4. The van der Waals surface area contributed by atoms with Crippen LogP contribution in [0.5, 0.6) is 0 Å². The third kappa shape index (κ3) is 3.99. The first-order valence-corrected chi connectivity index (χ1v) is 8.61. The molecule has 3 rings (SSSR count). The second-order valence-corrected chi connectivity index (χ2v) is 6.49. The molecule has 136 valence electrons. The fourth-order valence-corrected chi connectivity index (χ4v) is 2.94. The first kappa shape index (κ1) is 17.8. The lowest BCUT2D eigenvalue weighted by Crippen LogP contribution is -2.51. The van der Waals surface area contributed by atoms with Crippen LogP contribution in [-0.2, 0) is 16.1 Å². The van der Waals surface area contributed by atoms with Crippen LogP contribution in [0, 0.1) is 6.92 Å². The van der Waals surface area contributed by atoms with Gasteiger partial charge in [0.2, 0.25) is 11.8 Å². The maximum absolute atomic E-state index is 12.4. The molecule has 0 spiro atoms. The number of carbonyl (C=O) groups is 2. The summed E-state index contributed by atoms with van der Waals surface area (Å²) in [4.78, 5) is 43.8. The molecule has 0 atom stereocenters. The van der Waals surface area contributed by atoms with Gasteiger partial charge in [0.05, 0.1) is 12.0 Å². The van der Waals surface area contributed by atoms with Gasteiger partial charge in [-0.2, -0.15) is 0 Å². The second kappa shape index (κ2) is 7.51. The lowest BCUT2D eigenvalue weighted by molar-refractivity contribution is -0.138. The third-order valence-corrected chi connectivity index (χ3v) is 4.61. The summed E-state index contributed by atoms with van der Waals surface area (Å²) in [7, 11) is 0. The van der Waals surface area contributed by atoms with Gasteiger partial charge in [-0.15, -0.1) is 0 Å². The molecule has 2 heterocycles. The fourth-order valence-electron chi connectivity index (χ4n) is 2.94. The Morgan fingerprint density at radius 2 is 1.65 bits per heavy atom. The molecule has 1 fully saturated rings. The number of carbonyl (C=O) groups excluding carboxylic acids is 2. The molecule has 1 saturated heterocycles. The van der Waals surface area contributed by atoms with E-state index in [0.717, 1.165) is 11.1 Å². The Kier molecular flexibility index (Phi) is 5.16. The maximum Gasteiger partial charge on any atom is 0.254 e. The molecule has 7 nitrogen and oxygen atoms in total. The van der Waals surface area contributed by atoms with Crippen LogP contribution < -0.4 is 5.56 Å². The molecule has 2 amide bonds. The summed E-state index contributed by atoms with van der Waals surface area (Å²) in [6, 6.07) is 9.22. The van der Waals surface area contributed by atoms with E-state index in [1.54, 1.807) is 9.80 Å². The zero-order valence-corrected chi connectivity index (χ0v) is 15.0. The monoisotopic (exact) mass is 354 g/mol. The highest BCUT2D eigenvalue weighted by atomic mass is 16.2. The van der Waals surface area contributed by atoms with Gasteiger partial charge in [-0.1, -0.05) is 29.8 Å². The third-order valence-electron chi connectivity index (χ3n) is 4.61. The van der Waals surface area contributed by atoms with Gasteiger partial charge in [0.1, 0.15) is 6.54 Å². The molecule has 2 aromatic rings. The van der Waals surface area contributed by atoms with E-state index in [0.29, 0.717) is 31.9 Å². The predicted molar refractivity (Wildman–Crippen MR) is 97.5 cm³/mol. The summed E-state index contributed by atoms with van der Waals surface area (Å²) in [5.41, 5.74) is 2.34. The Balaban J connectivity index is 1.67. The molecular weight excluding hydrogens is 332 g/mol. The standard InChI is InChI=1S/C19H22N4O3/c1-14-3-5-16(6-4-14)17-11-18(25)23(13-20-17)12-19(26)22-9-7-21(8-10-22)15(2)24/h3-6,11,13H,7-10,12H2,1-2H3. The molecule has 26 heavy (non-hydrogen) atoms. The number of hydrogen-bond donors (Lipinski definition) is 0. The van der Waals surface area contributed by atoms with Gasteiger partial charge in [-0.3, -0.25) is 19.0 Å². The Morgan fingerprint density at radius 3 is 2.23 bits per heavy atom. The number of aryl methyl sites for hydroxylation is 1. The minimum absolute atomic E-state index is 0.0178. The van der Waals surface area contributed by atoms with Crippen LogP contribution in [0.4, 0.5) is 0 Å². The van der Waals surface area contributed by atoms with E-state index >= 15 is 0 Å². The van der Waals surface area contributed by atoms with Crippen molar-refractivity contribution in [3.05, 3.63) is 52.6 Å². The largest absolute Gasteiger partial charge is 0.339 e. The molecule has 0 radical (unpaired) electrons. The summed E-state index contributed by atoms with van der Waals surface area (Å²) in [6.07, 6.45) is 1.42. The van der Waals surface area contributed by atoms with Gasteiger partial charge in [0.15, 0.2) is 0 Å². The van der Waals surface area contributed by atoms with E-state index in [1.165, 1.54) is 23.9 Å². The van der Waals surface area contributed by atoms with Crippen molar-refractivity contribution in [3.8, 4) is 11.3 Å². The van der Waals surface area contributed by atoms with Gasteiger partial charge in [0.25, 0.3) is 5.56 Å². The molecule has 7 heteroatoms. The van der Waals surface area contributed by atoms with Crippen molar-refractivity contribution in [1.82, 2.24) is 19.4 Å². The van der Waals surface area contributed by atoms with Crippen LogP contribution in [-0.4, -0.2) is 57.3 Å². The molecule has 1 aromatic carbocycles. The Labute approximate surface area is 151 Å². The molecule has 0 aliphatic carbocycles. The maximum atomic E-state index is 12.4. The van der Waals surface area contributed by atoms with Crippen molar-refractivity contribution in [2.24, 2.45) is 0 Å². The Hall–Kier alpha value is -2.96. The molecule has 1 aliphatic heterocycles. The number of piperazine rings is 1. The van der Waals surface area contributed by atoms with E-state index in [2.05, 4.69) is 4.98 Å². The molecule has 0 saturated carbocycles. The van der Waals surface area contributed by atoms with Crippen molar-refractivity contribution in [2.75, 3.05) is 26.2 Å². The van der Waals surface area contributed by atoms with Gasteiger partial charge >= 0.3 is 0 Å². The summed E-state index contributed by atoms with van der Waals surface area (Å²) >= 11 is 0. The molecule has 0 unspecified atom stereocenters. The van der Waals surface area contributed by atoms with Crippen LogP contribution in [0.15, 0.2) is 41.5 Å². The minimum atomic E-state index is -0.258. The zero-order valence-electron chi connectivity index (χ0n) is 15.0. The van der Waals surface area contributed by atoms with Crippen molar-refractivity contribution >= 4 is 11.8 Å². The second-order valence-electron chi connectivity index (χ2n) is 6.49. The van der Waals surface area contributed by atoms with Gasteiger partial charge in [-0.05, 0) is 6.92 Å². The van der Waals surface area contributed by atoms with E-state index in [1.807, 2.05) is 31.2 Å². The van der Waals surface area contributed by atoms with E-state index < -0.39 is 0 Å². The molecular formula is C19H22N4O3. The lowest BCUT2D eigenvalue weighted by atomic mass is 10.1. The smallest absolute Gasteiger partial charge is 0.254 e. The van der Waals surface area contributed by atoms with Crippen molar-refractivity contribution in [1.29, 1.82) is 0 Å². The van der Waals surface area contributed by atoms with E-state index in [-0.39, 0.29) is 23.9 Å². The number of benzene rings is 1. The number of aromatic nitrogens is 2. The average molecular weight is 354 g/mol. The number of nitrogens with zero attached hydrogens (tertiary/aromatic N) is 4. The van der Waals surface area contributed by atoms with E-state index in [9.17, 15) is 14.4 Å². The quantitative estimate of drug-likeness (QED) is 0.821. The first-order valence-electron chi connectivity index (χ1n) is 8.61. The van der Waals surface area contributed by atoms with Crippen LogP contribution in [0.2, 0.25) is 0 Å². The molecule has 1 aromatic heterocycles. The molecule has 1 aliphatic rings. The van der Waals surface area contributed by atoms with Crippen LogP contribution >= 0.6 is 0 Å². The number of amides is 2. The number of rotatable bonds is 3. The van der Waals surface area contributed by atoms with Crippen LogP contribution in [0.1, 0.15) is 12.5 Å². The van der Waals surface area contributed by atoms with Gasteiger partial charge < -0.3 is 9.80 Å². The summed E-state index contributed by atoms with van der Waals surface area (Å²) in [6.45, 7) is 5.51. The highest BCUT2D eigenvalue weighted by molar-refractivity contribution is 5.77. The summed E-state index contributed by atoms with van der Waals surface area (Å²) < 4.78 is 1.32. The topological polar surface area (TPSA) is 75.5 Å². The van der Waals surface area contributed by atoms with Gasteiger partial charge in [-0.25, -0.2) is 4.98 Å². The average Bonchev–Trinajstić information content (AvgIpc) is 2.64. The highest BCUT2D eigenvalue weighted by Crippen LogP contribution is 2.15. The Morgan fingerprint density at radius 1 is 1.04 bits per heavy atom. The van der Waals surface area contributed by atoms with Crippen LogP contribution in [0.25, 0.3) is 11.3 Å². The van der Waals surface area contributed by atoms with E-state index in [4.69, 9.17) is 0 Å².